The number of aromatic nitrogens is 2. The molecule has 146 valence electrons. The van der Waals surface area contributed by atoms with E-state index in [1.807, 2.05) is 25.2 Å². The number of nitrogens with one attached hydrogen (secondary N) is 2. The lowest BCUT2D eigenvalue weighted by Gasteiger charge is -2.32. The van der Waals surface area contributed by atoms with E-state index in [0.717, 1.165) is 43.0 Å². The molecule has 7 nitrogen and oxygen atoms in total. The highest BCUT2D eigenvalue weighted by Crippen LogP contribution is 2.25. The van der Waals surface area contributed by atoms with Gasteiger partial charge in [0, 0.05) is 25.3 Å². The summed E-state index contributed by atoms with van der Waals surface area (Å²) in [5, 5.41) is 16.8. The zero-order valence-electron chi connectivity index (χ0n) is 16.2. The number of dihydropyridines is 1. The molecule has 1 aromatic rings. The second-order valence-corrected chi connectivity index (χ2v) is 7.39. The summed E-state index contributed by atoms with van der Waals surface area (Å²) in [5.74, 6) is 1.59. The fourth-order valence-electron chi connectivity index (χ4n) is 3.85. The van der Waals surface area contributed by atoms with E-state index in [1.165, 1.54) is 12.8 Å². The van der Waals surface area contributed by atoms with Crippen molar-refractivity contribution in [1.82, 2.24) is 20.2 Å². The van der Waals surface area contributed by atoms with Gasteiger partial charge in [-0.05, 0) is 37.5 Å². The Kier molecular flexibility index (Phi) is 5.58. The molecule has 0 bridgehead atoms. The average molecular weight is 378 g/mol. The quantitative estimate of drug-likeness (QED) is 0.779. The number of hydrogen-bond acceptors (Lipinski definition) is 7. The summed E-state index contributed by atoms with van der Waals surface area (Å²) in [7, 11) is 0. The SMILES string of the molecule is Cc1cnc(NC2CCCC2)nc1/C(C#N)=C1/C=CC=C(N2CCOCC2)N1. The van der Waals surface area contributed by atoms with Crippen LogP contribution in [0, 0.1) is 18.3 Å². The van der Waals surface area contributed by atoms with Crippen molar-refractivity contribution in [3.63, 3.8) is 0 Å². The Bertz CT molecular complexity index is 854. The molecule has 0 unspecified atom stereocenters. The van der Waals surface area contributed by atoms with E-state index in [4.69, 9.17) is 9.72 Å². The van der Waals surface area contributed by atoms with E-state index in [2.05, 4.69) is 26.6 Å². The van der Waals surface area contributed by atoms with Crippen molar-refractivity contribution in [1.29, 1.82) is 5.26 Å². The maximum absolute atomic E-state index is 9.91. The Morgan fingerprint density at radius 2 is 2.11 bits per heavy atom. The molecule has 2 fully saturated rings. The van der Waals surface area contributed by atoms with E-state index in [0.29, 0.717) is 36.5 Å². The third-order valence-corrected chi connectivity index (χ3v) is 5.41. The van der Waals surface area contributed by atoms with Gasteiger partial charge in [-0.2, -0.15) is 5.26 Å². The molecule has 4 rings (SSSR count). The van der Waals surface area contributed by atoms with Crippen LogP contribution in [0.1, 0.15) is 36.9 Å². The van der Waals surface area contributed by atoms with Gasteiger partial charge in [-0.1, -0.05) is 18.9 Å². The zero-order chi connectivity index (χ0) is 19.3. The van der Waals surface area contributed by atoms with Crippen LogP contribution in [0.5, 0.6) is 0 Å². The number of hydrogen-bond donors (Lipinski definition) is 2. The Morgan fingerprint density at radius 3 is 2.86 bits per heavy atom. The summed E-state index contributed by atoms with van der Waals surface area (Å²) in [6, 6.07) is 2.78. The van der Waals surface area contributed by atoms with E-state index >= 15 is 0 Å². The minimum absolute atomic E-state index is 0.428. The number of ether oxygens (including phenoxy) is 1. The molecule has 3 aliphatic rings. The van der Waals surface area contributed by atoms with Crippen molar-refractivity contribution < 1.29 is 4.74 Å². The van der Waals surface area contributed by atoms with Crippen LogP contribution >= 0.6 is 0 Å². The van der Waals surface area contributed by atoms with Gasteiger partial charge < -0.3 is 20.3 Å². The summed E-state index contributed by atoms with van der Waals surface area (Å²) in [6.45, 7) is 5.05. The monoisotopic (exact) mass is 378 g/mol. The van der Waals surface area contributed by atoms with Crippen molar-refractivity contribution in [3.8, 4) is 6.07 Å². The highest BCUT2D eigenvalue weighted by molar-refractivity contribution is 5.81. The van der Waals surface area contributed by atoms with Crippen LogP contribution in [-0.4, -0.2) is 47.2 Å². The van der Waals surface area contributed by atoms with Crippen LogP contribution in [0.15, 0.2) is 35.9 Å². The summed E-state index contributed by atoms with van der Waals surface area (Å²) in [4.78, 5) is 11.4. The van der Waals surface area contributed by atoms with Gasteiger partial charge in [-0.25, -0.2) is 9.97 Å². The van der Waals surface area contributed by atoms with Crippen LogP contribution < -0.4 is 10.6 Å². The zero-order valence-corrected chi connectivity index (χ0v) is 16.2. The van der Waals surface area contributed by atoms with E-state index in [9.17, 15) is 5.26 Å². The number of aryl methyl sites for hydroxylation is 1. The fourth-order valence-corrected chi connectivity index (χ4v) is 3.85. The van der Waals surface area contributed by atoms with Gasteiger partial charge in [0.1, 0.15) is 17.5 Å². The second-order valence-electron chi connectivity index (χ2n) is 7.39. The molecular weight excluding hydrogens is 352 g/mol. The van der Waals surface area contributed by atoms with Gasteiger partial charge in [-0.3, -0.25) is 0 Å². The molecule has 1 saturated carbocycles. The van der Waals surface area contributed by atoms with Crippen LogP contribution in [0.4, 0.5) is 5.95 Å². The van der Waals surface area contributed by atoms with Gasteiger partial charge in [0.15, 0.2) is 0 Å². The molecule has 0 amide bonds. The highest BCUT2D eigenvalue weighted by atomic mass is 16.5. The van der Waals surface area contributed by atoms with E-state index in [-0.39, 0.29) is 0 Å². The second kappa shape index (κ2) is 8.44. The van der Waals surface area contributed by atoms with Crippen LogP contribution in [0.2, 0.25) is 0 Å². The predicted molar refractivity (Wildman–Crippen MR) is 108 cm³/mol. The Labute approximate surface area is 165 Å². The molecule has 0 radical (unpaired) electrons. The normalized spacial score (nSPS) is 21.7. The Hall–Kier alpha value is -2.85. The molecule has 0 atom stereocenters. The molecule has 0 spiro atoms. The third kappa shape index (κ3) is 4.02. The van der Waals surface area contributed by atoms with Crippen molar-refractivity contribution in [2.24, 2.45) is 0 Å². The van der Waals surface area contributed by atoms with Crippen molar-refractivity contribution >= 4 is 11.5 Å². The van der Waals surface area contributed by atoms with Crippen LogP contribution in [-0.2, 0) is 4.74 Å². The maximum Gasteiger partial charge on any atom is 0.223 e. The fraction of sp³-hybridized carbons (Fsp3) is 0.476. The molecular formula is C21H26N6O. The largest absolute Gasteiger partial charge is 0.378 e. The lowest BCUT2D eigenvalue weighted by molar-refractivity contribution is 0.0510. The summed E-state index contributed by atoms with van der Waals surface area (Å²) < 4.78 is 5.44. The smallest absolute Gasteiger partial charge is 0.223 e. The molecule has 1 aliphatic carbocycles. The number of anilines is 1. The Balaban J connectivity index is 1.60. The molecule has 1 aromatic heterocycles. The lowest BCUT2D eigenvalue weighted by atomic mass is 10.1. The lowest BCUT2D eigenvalue weighted by Crippen LogP contribution is -2.40. The first kappa shape index (κ1) is 18.5. The summed E-state index contributed by atoms with van der Waals surface area (Å²) in [5.41, 5.74) is 2.86. The number of nitriles is 1. The van der Waals surface area contributed by atoms with Gasteiger partial charge in [0.05, 0.1) is 24.6 Å². The first-order valence-electron chi connectivity index (χ1n) is 9.97. The standard InChI is InChI=1S/C21H26N6O/c1-15-14-23-21(24-16-5-2-3-6-16)26-20(15)17(13-22)18-7-4-8-19(25-18)27-9-11-28-12-10-27/h4,7-8,14,16,25H,2-3,5-6,9-12H2,1H3,(H,23,24,26)/b18-17-. The average Bonchev–Trinajstić information content (AvgIpc) is 3.25. The van der Waals surface area contributed by atoms with Crippen LogP contribution in [0.25, 0.3) is 5.57 Å². The van der Waals surface area contributed by atoms with Crippen molar-refractivity contribution in [3.05, 3.63) is 47.2 Å². The van der Waals surface area contributed by atoms with E-state index in [1.54, 1.807) is 6.20 Å². The molecule has 0 aromatic carbocycles. The minimum Gasteiger partial charge on any atom is -0.378 e. The first-order valence-corrected chi connectivity index (χ1v) is 9.97. The van der Waals surface area contributed by atoms with Crippen LogP contribution in [0.3, 0.4) is 0 Å². The first-order chi connectivity index (χ1) is 13.7. The Morgan fingerprint density at radius 1 is 1.32 bits per heavy atom. The summed E-state index contributed by atoms with van der Waals surface area (Å²) in [6.07, 6.45) is 12.5. The van der Waals surface area contributed by atoms with Gasteiger partial charge in [-0.15, -0.1) is 0 Å². The molecule has 7 heteroatoms. The molecule has 2 aliphatic heterocycles. The number of rotatable bonds is 4. The summed E-state index contributed by atoms with van der Waals surface area (Å²) >= 11 is 0. The van der Waals surface area contributed by atoms with Crippen molar-refractivity contribution in [2.75, 3.05) is 31.6 Å². The number of allylic oxidation sites excluding steroid dienone is 4. The topological polar surface area (TPSA) is 86.1 Å². The minimum atomic E-state index is 0.428. The molecule has 28 heavy (non-hydrogen) atoms. The molecule has 1 saturated heterocycles. The predicted octanol–water partition coefficient (Wildman–Crippen LogP) is 2.71. The molecule has 2 N–H and O–H groups in total. The van der Waals surface area contributed by atoms with Gasteiger partial charge in [0.2, 0.25) is 5.95 Å². The number of nitrogens with zero attached hydrogens (tertiary/aromatic N) is 4. The van der Waals surface area contributed by atoms with Crippen molar-refractivity contribution in [2.45, 2.75) is 38.6 Å². The number of morpholine rings is 1. The van der Waals surface area contributed by atoms with Gasteiger partial charge >= 0.3 is 0 Å². The third-order valence-electron chi connectivity index (χ3n) is 5.41. The maximum atomic E-state index is 9.91. The van der Waals surface area contributed by atoms with Gasteiger partial charge in [0.25, 0.3) is 0 Å². The molecule has 3 heterocycles. The highest BCUT2D eigenvalue weighted by Gasteiger charge is 2.21. The van der Waals surface area contributed by atoms with E-state index < -0.39 is 0 Å².